The van der Waals surface area contributed by atoms with Crippen LogP contribution in [-0.4, -0.2) is 27.1 Å². The molecule has 0 radical (unpaired) electrons. The van der Waals surface area contributed by atoms with Gasteiger partial charge in [-0.05, 0) is 42.0 Å². The van der Waals surface area contributed by atoms with Crippen LogP contribution in [0.25, 0.3) is 0 Å². The van der Waals surface area contributed by atoms with E-state index < -0.39 is 9.84 Å². The lowest BCUT2D eigenvalue weighted by Crippen LogP contribution is -2.25. The predicted molar refractivity (Wildman–Crippen MR) is 88.9 cm³/mol. The fraction of sp³-hybridized carbons (Fsp3) is 0.312. The van der Waals surface area contributed by atoms with Crippen LogP contribution in [0.4, 0.5) is 0 Å². The highest BCUT2D eigenvalue weighted by Crippen LogP contribution is 2.11. The largest absolute Gasteiger partial charge is 0.356 e. The van der Waals surface area contributed by atoms with Crippen LogP contribution in [0.15, 0.2) is 46.7 Å². The van der Waals surface area contributed by atoms with E-state index in [1.165, 1.54) is 11.1 Å². The molecule has 1 amide bonds. The van der Waals surface area contributed by atoms with Gasteiger partial charge in [0.05, 0.1) is 4.90 Å². The van der Waals surface area contributed by atoms with E-state index in [0.717, 1.165) is 12.0 Å². The van der Waals surface area contributed by atoms with Gasteiger partial charge in [0.15, 0.2) is 9.84 Å². The summed E-state index contributed by atoms with van der Waals surface area (Å²) >= 11 is 1.66. The number of carbonyl (C=O) groups excluding carboxylic acids is 1. The van der Waals surface area contributed by atoms with Gasteiger partial charge in [-0.15, -0.1) is 11.3 Å². The number of aryl methyl sites for hydroxylation is 1. The van der Waals surface area contributed by atoms with Gasteiger partial charge in [0.1, 0.15) is 0 Å². The molecule has 0 bridgehead atoms. The van der Waals surface area contributed by atoms with Crippen molar-refractivity contribution in [2.24, 2.45) is 0 Å². The van der Waals surface area contributed by atoms with Crippen LogP contribution >= 0.6 is 11.3 Å². The Bertz CT molecular complexity index is 704. The van der Waals surface area contributed by atoms with Crippen molar-refractivity contribution in [1.82, 2.24) is 5.32 Å². The molecular formula is C16H19NO3S2. The first-order chi connectivity index (χ1) is 10.4. The fourth-order valence-corrected chi connectivity index (χ4v) is 3.37. The maximum atomic E-state index is 11.7. The van der Waals surface area contributed by atoms with Gasteiger partial charge in [-0.1, -0.05) is 18.2 Å². The van der Waals surface area contributed by atoms with Crippen molar-refractivity contribution in [3.8, 4) is 0 Å². The first-order valence-electron chi connectivity index (χ1n) is 7.03. The van der Waals surface area contributed by atoms with E-state index in [-0.39, 0.29) is 5.91 Å². The molecule has 1 heterocycles. The fourth-order valence-electron chi connectivity index (χ4n) is 2.03. The van der Waals surface area contributed by atoms with Gasteiger partial charge in [-0.2, -0.15) is 0 Å². The molecular weight excluding hydrogens is 318 g/mol. The van der Waals surface area contributed by atoms with Gasteiger partial charge in [0.25, 0.3) is 0 Å². The molecule has 118 valence electrons. The van der Waals surface area contributed by atoms with Crippen LogP contribution in [0.1, 0.15) is 16.9 Å². The SMILES string of the molecule is CS(=O)(=O)c1ccc(CCNC(=O)CCc2cccs2)cc1. The molecule has 22 heavy (non-hydrogen) atoms. The van der Waals surface area contributed by atoms with Gasteiger partial charge < -0.3 is 5.32 Å². The molecule has 0 spiro atoms. The minimum atomic E-state index is -3.15. The Morgan fingerprint density at radius 3 is 2.45 bits per heavy atom. The van der Waals surface area contributed by atoms with Crippen molar-refractivity contribution in [3.05, 3.63) is 52.2 Å². The zero-order chi connectivity index (χ0) is 16.0. The number of rotatable bonds is 7. The van der Waals surface area contributed by atoms with E-state index in [2.05, 4.69) is 5.32 Å². The summed E-state index contributed by atoms with van der Waals surface area (Å²) < 4.78 is 22.7. The summed E-state index contributed by atoms with van der Waals surface area (Å²) in [6.45, 7) is 0.557. The summed E-state index contributed by atoms with van der Waals surface area (Å²) in [7, 11) is -3.15. The molecule has 0 aliphatic rings. The van der Waals surface area contributed by atoms with E-state index in [9.17, 15) is 13.2 Å². The molecule has 0 saturated heterocycles. The Labute approximate surface area is 135 Å². The number of thiophene rings is 1. The van der Waals surface area contributed by atoms with Crippen LogP contribution in [0, 0.1) is 0 Å². The lowest BCUT2D eigenvalue weighted by molar-refractivity contribution is -0.121. The van der Waals surface area contributed by atoms with E-state index in [0.29, 0.717) is 24.3 Å². The molecule has 1 aromatic heterocycles. The molecule has 6 heteroatoms. The van der Waals surface area contributed by atoms with Crippen LogP contribution in [0.5, 0.6) is 0 Å². The molecule has 1 N–H and O–H groups in total. The van der Waals surface area contributed by atoms with Crippen LogP contribution < -0.4 is 5.32 Å². The third kappa shape index (κ3) is 5.27. The molecule has 2 rings (SSSR count). The number of carbonyl (C=O) groups is 1. The van der Waals surface area contributed by atoms with Crippen molar-refractivity contribution in [2.75, 3.05) is 12.8 Å². The van der Waals surface area contributed by atoms with Crippen LogP contribution in [0.3, 0.4) is 0 Å². The smallest absolute Gasteiger partial charge is 0.220 e. The molecule has 0 fully saturated rings. The number of amides is 1. The lowest BCUT2D eigenvalue weighted by atomic mass is 10.1. The van der Waals surface area contributed by atoms with Crippen LogP contribution in [0.2, 0.25) is 0 Å². The molecule has 0 aliphatic carbocycles. The zero-order valence-corrected chi connectivity index (χ0v) is 14.0. The quantitative estimate of drug-likeness (QED) is 0.844. The first-order valence-corrected chi connectivity index (χ1v) is 9.80. The van der Waals surface area contributed by atoms with Crippen molar-refractivity contribution in [1.29, 1.82) is 0 Å². The Hall–Kier alpha value is -1.66. The number of hydrogen-bond donors (Lipinski definition) is 1. The predicted octanol–water partition coefficient (Wildman–Crippen LogP) is 2.44. The summed E-state index contributed by atoms with van der Waals surface area (Å²) in [6.07, 6.45) is 3.14. The third-order valence-corrected chi connectivity index (χ3v) is 5.33. The first kappa shape index (κ1) is 16.7. The van der Waals surface area contributed by atoms with E-state index in [4.69, 9.17) is 0 Å². The molecule has 0 saturated carbocycles. The Balaban J connectivity index is 1.73. The second-order valence-corrected chi connectivity index (χ2v) is 8.14. The van der Waals surface area contributed by atoms with Crippen molar-refractivity contribution >= 4 is 27.1 Å². The highest BCUT2D eigenvalue weighted by molar-refractivity contribution is 7.90. The number of nitrogens with one attached hydrogen (secondary N) is 1. The number of hydrogen-bond acceptors (Lipinski definition) is 4. The molecule has 1 aromatic carbocycles. The maximum absolute atomic E-state index is 11.7. The summed E-state index contributed by atoms with van der Waals surface area (Å²) in [6, 6.07) is 10.8. The van der Waals surface area contributed by atoms with Gasteiger partial charge >= 0.3 is 0 Å². The van der Waals surface area contributed by atoms with Crippen molar-refractivity contribution < 1.29 is 13.2 Å². The summed E-state index contributed by atoms with van der Waals surface area (Å²) in [5, 5.41) is 4.89. The number of benzene rings is 1. The van der Waals surface area contributed by atoms with Crippen molar-refractivity contribution in [2.45, 2.75) is 24.2 Å². The minimum absolute atomic E-state index is 0.0427. The van der Waals surface area contributed by atoms with Gasteiger partial charge in [-0.3, -0.25) is 4.79 Å². The summed E-state index contributed by atoms with van der Waals surface area (Å²) in [5.41, 5.74) is 1.01. The van der Waals surface area contributed by atoms with E-state index >= 15 is 0 Å². The van der Waals surface area contributed by atoms with Gasteiger partial charge in [0, 0.05) is 24.1 Å². The summed E-state index contributed by atoms with van der Waals surface area (Å²) in [4.78, 5) is 13.3. The zero-order valence-electron chi connectivity index (χ0n) is 12.4. The standard InChI is InChI=1S/C16H19NO3S2/c1-22(19,20)15-7-4-13(5-8-15)10-11-17-16(18)9-6-14-3-2-12-21-14/h2-5,7-8,12H,6,9-11H2,1H3,(H,17,18). The second kappa shape index (κ2) is 7.56. The second-order valence-electron chi connectivity index (χ2n) is 5.10. The highest BCUT2D eigenvalue weighted by atomic mass is 32.2. The molecule has 4 nitrogen and oxygen atoms in total. The third-order valence-electron chi connectivity index (χ3n) is 3.27. The number of sulfone groups is 1. The average Bonchev–Trinajstić information content (AvgIpc) is 2.98. The van der Waals surface area contributed by atoms with Gasteiger partial charge in [-0.25, -0.2) is 8.42 Å². The highest BCUT2D eigenvalue weighted by Gasteiger charge is 2.06. The molecule has 0 aliphatic heterocycles. The minimum Gasteiger partial charge on any atom is -0.356 e. The molecule has 2 aromatic rings. The molecule has 0 atom stereocenters. The van der Waals surface area contributed by atoms with E-state index in [1.807, 2.05) is 17.5 Å². The van der Waals surface area contributed by atoms with Crippen LogP contribution in [-0.2, 0) is 27.5 Å². The normalized spacial score (nSPS) is 11.3. The Kier molecular flexibility index (Phi) is 5.74. The average molecular weight is 337 g/mol. The Morgan fingerprint density at radius 1 is 1.14 bits per heavy atom. The monoisotopic (exact) mass is 337 g/mol. The maximum Gasteiger partial charge on any atom is 0.220 e. The summed E-state index contributed by atoms with van der Waals surface area (Å²) in [5.74, 6) is 0.0427. The van der Waals surface area contributed by atoms with Crippen molar-refractivity contribution in [3.63, 3.8) is 0 Å². The Morgan fingerprint density at radius 2 is 1.86 bits per heavy atom. The topological polar surface area (TPSA) is 63.2 Å². The lowest BCUT2D eigenvalue weighted by Gasteiger charge is -2.06. The van der Waals surface area contributed by atoms with E-state index in [1.54, 1.807) is 35.6 Å². The van der Waals surface area contributed by atoms with Gasteiger partial charge in [0.2, 0.25) is 5.91 Å². The molecule has 0 unspecified atom stereocenters.